The number of nitrogens with two attached hydrogens (primary N) is 3. The molecule has 5 aromatic rings. The molecule has 2 aromatic heterocycles. The fourth-order valence-electron chi connectivity index (χ4n) is 6.48. The molecule has 62 heavy (non-hydrogen) atoms. The molecule has 0 atom stereocenters. The standard InChI is InChI=1S/C43H50IN11O7/c1-7-55-33(18-25(2)52-55)40(58)51-41-50-31-21-27(39(47)57)23-35(60-6)37(31)53(41)15-9-8-14-48-36-30(45)20-26(38(46)56)22-34(36)61-17-11-10-16-54-32-13-12-29(19-28(32)24-44-54)49-42(59)62-43(3,4)5/h8-13,18-24,48H,7,14-17,45H2,1-6H3,(H2,46,56)(H2,47,57)(H,49,59)(H,50,51,58)/b9-8+,11-10+. The number of ether oxygens (including phenoxy) is 3. The van der Waals surface area contributed by atoms with E-state index in [2.05, 4.69) is 33.2 Å². The van der Waals surface area contributed by atoms with Gasteiger partial charge in [-0.1, -0.05) is 18.2 Å². The molecule has 1 aliphatic heterocycles. The molecule has 0 aliphatic carbocycles. The minimum absolute atomic E-state index is 0.188. The topological polar surface area (TPSA) is 249 Å². The quantitative estimate of drug-likeness (QED) is 0.0268. The summed E-state index contributed by atoms with van der Waals surface area (Å²) in [6, 6.07) is 13.6. The van der Waals surface area contributed by atoms with Crippen LogP contribution in [-0.4, -0.2) is 79.6 Å². The van der Waals surface area contributed by atoms with Crippen LogP contribution in [0.15, 0.2) is 72.8 Å². The molecular formula is C43H50IN11O7. The van der Waals surface area contributed by atoms with Crippen molar-refractivity contribution in [2.75, 3.05) is 51.6 Å². The second kappa shape index (κ2) is 19.2. The highest BCUT2D eigenvalue weighted by Crippen LogP contribution is 2.35. The van der Waals surface area contributed by atoms with Crippen LogP contribution in [-0.2, 0) is 17.8 Å². The van der Waals surface area contributed by atoms with Gasteiger partial charge in [0.15, 0.2) is 0 Å². The summed E-state index contributed by atoms with van der Waals surface area (Å²) in [4.78, 5) is 54.6. The summed E-state index contributed by atoms with van der Waals surface area (Å²) in [5, 5.41) is 13.3. The number of aromatic nitrogens is 4. The number of amides is 4. The smallest absolute Gasteiger partial charge is 0.412 e. The van der Waals surface area contributed by atoms with Crippen LogP contribution >= 0.6 is 21.0 Å². The number of allylic oxidation sites excluding steroid dienone is 1. The number of nitrogen functional groups attached to an aromatic ring is 1. The monoisotopic (exact) mass is 959 g/mol. The number of carbonyl (C=O) groups excluding carboxylic acids is 4. The second-order valence-electron chi connectivity index (χ2n) is 15.0. The average molecular weight is 960 g/mol. The molecule has 19 heteroatoms. The van der Waals surface area contributed by atoms with Gasteiger partial charge in [0.25, 0.3) is 5.91 Å². The van der Waals surface area contributed by atoms with Crippen molar-refractivity contribution >= 4 is 88.6 Å². The highest BCUT2D eigenvalue weighted by atomic mass is 127. The Labute approximate surface area is 368 Å². The molecule has 4 amide bonds. The van der Waals surface area contributed by atoms with E-state index in [1.54, 1.807) is 27.4 Å². The van der Waals surface area contributed by atoms with Gasteiger partial charge in [-0.05, 0) is 93.2 Å². The van der Waals surface area contributed by atoms with Crippen molar-refractivity contribution in [1.82, 2.24) is 19.3 Å². The van der Waals surface area contributed by atoms with Crippen LogP contribution in [0.25, 0.3) is 11.0 Å². The van der Waals surface area contributed by atoms with E-state index in [1.807, 2.05) is 77.1 Å². The molecule has 0 bridgehead atoms. The van der Waals surface area contributed by atoms with Crippen LogP contribution in [0, 0.1) is 6.92 Å². The Bertz CT molecular complexity index is 2620. The van der Waals surface area contributed by atoms with Gasteiger partial charge in [0, 0.05) is 69.6 Å². The number of hydrogen-bond acceptors (Lipinski definition) is 12. The first-order valence-electron chi connectivity index (χ1n) is 19.6. The maximum absolute atomic E-state index is 13.5. The van der Waals surface area contributed by atoms with Crippen molar-refractivity contribution < 1.29 is 33.4 Å². The van der Waals surface area contributed by atoms with Crippen LogP contribution in [0.3, 0.4) is 0 Å². The van der Waals surface area contributed by atoms with Crippen molar-refractivity contribution in [3.8, 4) is 11.5 Å². The van der Waals surface area contributed by atoms with E-state index >= 15 is 0 Å². The maximum atomic E-state index is 13.5. The van der Waals surface area contributed by atoms with Gasteiger partial charge in [0.05, 0.1) is 29.7 Å². The summed E-state index contributed by atoms with van der Waals surface area (Å²) in [7, 11) is 1.47. The number of primary amides is 2. The first-order valence-corrected chi connectivity index (χ1v) is 21.8. The minimum atomic E-state index is -0.652. The molecule has 3 heterocycles. The number of fused-ring (bicyclic) bond motifs is 2. The molecular weight excluding hydrogens is 909 g/mol. The van der Waals surface area contributed by atoms with Crippen LogP contribution in [0.5, 0.6) is 11.5 Å². The predicted octanol–water partition coefficient (Wildman–Crippen LogP) is 6.11. The summed E-state index contributed by atoms with van der Waals surface area (Å²) in [5.74, 6) is -0.805. The van der Waals surface area contributed by atoms with Crippen LogP contribution in [0.1, 0.15) is 70.2 Å². The first kappa shape index (κ1) is 44.6. The van der Waals surface area contributed by atoms with Gasteiger partial charge >= 0.3 is 6.09 Å². The lowest BCUT2D eigenvalue weighted by Gasteiger charge is -2.20. The summed E-state index contributed by atoms with van der Waals surface area (Å²) in [5.41, 5.74) is 22.9. The lowest BCUT2D eigenvalue weighted by molar-refractivity contribution is 0.0635. The largest absolute Gasteiger partial charge is 0.494 e. The molecule has 3 aromatic carbocycles. The fraction of sp³-hybridized carbons (Fsp3) is 0.279. The number of anilines is 5. The van der Waals surface area contributed by atoms with E-state index in [1.165, 1.54) is 19.2 Å². The van der Waals surface area contributed by atoms with E-state index in [9.17, 15) is 19.2 Å². The van der Waals surface area contributed by atoms with Crippen molar-refractivity contribution in [2.45, 2.75) is 53.3 Å². The number of methoxy groups -OCH3 is 1. The number of nitrogens with zero attached hydrogens (tertiary/aromatic N) is 5. The molecule has 0 saturated carbocycles. The Balaban J connectivity index is 1.12. The molecule has 0 saturated heterocycles. The van der Waals surface area contributed by atoms with Gasteiger partial charge in [0.2, 0.25) is 17.8 Å². The number of halogens is 1. The number of aryl methyl sites for hydroxylation is 2. The number of imidazole rings is 1. The van der Waals surface area contributed by atoms with E-state index in [0.29, 0.717) is 64.9 Å². The molecule has 1 aliphatic rings. The van der Waals surface area contributed by atoms with E-state index in [4.69, 9.17) is 31.4 Å². The summed E-state index contributed by atoms with van der Waals surface area (Å²) in [6.45, 7) is 11.0. The van der Waals surface area contributed by atoms with Crippen LogP contribution < -0.4 is 45.7 Å². The van der Waals surface area contributed by atoms with E-state index < -0.39 is 50.4 Å². The Morgan fingerprint density at radius 1 is 0.903 bits per heavy atom. The third kappa shape index (κ3) is 10.7. The highest BCUT2D eigenvalue weighted by Gasteiger charge is 2.22. The Morgan fingerprint density at radius 3 is 2.34 bits per heavy atom. The molecule has 0 radical (unpaired) electrons. The zero-order valence-corrected chi connectivity index (χ0v) is 37.4. The van der Waals surface area contributed by atoms with Gasteiger partial charge in [0.1, 0.15) is 40.6 Å². The Morgan fingerprint density at radius 2 is 1.63 bits per heavy atom. The number of rotatable bonds is 17. The number of benzene rings is 3. The normalized spacial score (nSPS) is 12.4. The van der Waals surface area contributed by atoms with Crippen molar-refractivity contribution in [1.29, 1.82) is 0 Å². The van der Waals surface area contributed by atoms with Crippen LogP contribution in [0.4, 0.5) is 33.5 Å². The maximum Gasteiger partial charge on any atom is 0.412 e. The SMILES string of the molecule is CCn1nc(C)cc1C(=O)Nc1nc2cc(C(N)=O)cc(OC)c2n1C/C=C/CNc1c(N)cc(C(N)=O)cc1OC/C=C/CN1I=Cc2cc(NC(=O)OC(C)(C)C)ccc21. The fourth-order valence-corrected chi connectivity index (χ4v) is 8.81. The number of nitrogens with one attached hydrogen (secondary N) is 3. The average Bonchev–Trinajstić information content (AvgIpc) is 3.90. The highest BCUT2D eigenvalue weighted by molar-refractivity contribution is 14.2. The molecule has 9 N–H and O–H groups in total. The van der Waals surface area contributed by atoms with Gasteiger partial charge in [-0.15, -0.1) is 0 Å². The van der Waals surface area contributed by atoms with E-state index in [-0.39, 0.29) is 35.9 Å². The zero-order chi connectivity index (χ0) is 44.7. The van der Waals surface area contributed by atoms with Gasteiger partial charge in [-0.2, -0.15) is 5.10 Å². The minimum Gasteiger partial charge on any atom is -0.494 e. The van der Waals surface area contributed by atoms with Gasteiger partial charge in [-0.25, -0.2) is 9.78 Å². The van der Waals surface area contributed by atoms with Crippen LogP contribution in [0.2, 0.25) is 0 Å². The third-order valence-electron chi connectivity index (χ3n) is 9.23. The molecule has 0 fully saturated rings. The first-order chi connectivity index (χ1) is 29.5. The summed E-state index contributed by atoms with van der Waals surface area (Å²) >= 11 is -0.417. The summed E-state index contributed by atoms with van der Waals surface area (Å²) < 4.78 is 25.0. The molecule has 0 unspecified atom stereocenters. The lowest BCUT2D eigenvalue weighted by Crippen LogP contribution is -2.27. The summed E-state index contributed by atoms with van der Waals surface area (Å²) in [6.07, 6.45) is 7.11. The predicted molar refractivity (Wildman–Crippen MR) is 250 cm³/mol. The van der Waals surface area contributed by atoms with Crippen molar-refractivity contribution in [3.05, 3.63) is 101 Å². The molecule has 0 spiro atoms. The molecule has 18 nitrogen and oxygen atoms in total. The zero-order valence-electron chi connectivity index (χ0n) is 35.2. The molecule has 6 rings (SSSR count). The number of carbonyl (C=O) groups is 4. The Kier molecular flexibility index (Phi) is 13.8. The van der Waals surface area contributed by atoms with Gasteiger partial charge < -0.3 is 44.4 Å². The van der Waals surface area contributed by atoms with Crippen molar-refractivity contribution in [2.24, 2.45) is 11.5 Å². The Hall–Kier alpha value is -6.90. The molecule has 326 valence electrons. The van der Waals surface area contributed by atoms with E-state index in [0.717, 1.165) is 11.3 Å². The van der Waals surface area contributed by atoms with Gasteiger partial charge in [-0.3, -0.25) is 29.7 Å². The third-order valence-corrected chi connectivity index (χ3v) is 11.8. The van der Waals surface area contributed by atoms with Crippen molar-refractivity contribution in [3.63, 3.8) is 0 Å². The lowest BCUT2D eigenvalue weighted by atomic mass is 10.1. The second-order valence-corrected chi connectivity index (χ2v) is 17.3. The number of hydrogen-bond donors (Lipinski definition) is 6.